The van der Waals surface area contributed by atoms with Crippen molar-refractivity contribution in [3.63, 3.8) is 0 Å². The van der Waals surface area contributed by atoms with Crippen molar-refractivity contribution in [2.24, 2.45) is 17.8 Å². The van der Waals surface area contributed by atoms with Gasteiger partial charge in [0.2, 0.25) is 0 Å². The number of carbonyl (C=O) groups excluding carboxylic acids is 2. The highest BCUT2D eigenvalue weighted by Gasteiger charge is 2.45. The van der Waals surface area contributed by atoms with Gasteiger partial charge in [0.05, 0.1) is 12.2 Å². The maximum atomic E-state index is 14.6. The number of carbonyl (C=O) groups is 2. The van der Waals surface area contributed by atoms with E-state index in [1.807, 2.05) is 32.1 Å². The van der Waals surface area contributed by atoms with Crippen LogP contribution in [0.15, 0.2) is 42.5 Å². The fraction of sp³-hybridized carbons (Fsp3) is 0.706. The number of unbranched alkanes of at least 4 members (excludes halogenated alkanes) is 1. The first-order valence-electron chi connectivity index (χ1n) is 16.0. The molecule has 9 heteroatoms. The van der Waals surface area contributed by atoms with Crippen LogP contribution in [0.25, 0.3) is 0 Å². The molecule has 43 heavy (non-hydrogen) atoms. The molecule has 0 aromatic heterocycles. The maximum absolute atomic E-state index is 14.6. The number of aliphatic hydroxyl groups is 2. The molecule has 7 nitrogen and oxygen atoms in total. The van der Waals surface area contributed by atoms with E-state index < -0.39 is 24.1 Å². The molecule has 2 unspecified atom stereocenters. The number of Topliss-reactive ketones (excluding diaryl/α,β-unsaturated/α-hetero) is 1. The molecular formula is C34H50F2O7. The summed E-state index contributed by atoms with van der Waals surface area (Å²) in [6.07, 6.45) is 6.08. The molecule has 0 radical (unpaired) electrons. The number of ketones is 1. The lowest BCUT2D eigenvalue weighted by molar-refractivity contribution is -0.197. The Morgan fingerprint density at radius 3 is 2.58 bits per heavy atom. The lowest BCUT2D eigenvalue weighted by Crippen LogP contribution is -2.36. The van der Waals surface area contributed by atoms with Crippen molar-refractivity contribution in [3.8, 4) is 0 Å². The number of rotatable bonds is 18. The first kappa shape index (κ1) is 35.3. The minimum Gasteiger partial charge on any atom is -0.457 e. The molecular weight excluding hydrogens is 558 g/mol. The second kappa shape index (κ2) is 17.9. The predicted octanol–water partition coefficient (Wildman–Crippen LogP) is 6.65. The number of hydrogen-bond donors (Lipinski definition) is 2. The van der Waals surface area contributed by atoms with E-state index >= 15 is 0 Å². The van der Waals surface area contributed by atoms with Crippen LogP contribution in [0.4, 0.5) is 8.78 Å². The van der Waals surface area contributed by atoms with Gasteiger partial charge in [0.15, 0.2) is 18.7 Å². The van der Waals surface area contributed by atoms with Crippen LogP contribution >= 0.6 is 0 Å². The van der Waals surface area contributed by atoms with Gasteiger partial charge < -0.3 is 24.4 Å². The van der Waals surface area contributed by atoms with Crippen LogP contribution in [0.5, 0.6) is 0 Å². The first-order chi connectivity index (χ1) is 20.6. The third-order valence-corrected chi connectivity index (χ3v) is 8.56. The van der Waals surface area contributed by atoms with E-state index in [-0.39, 0.29) is 61.8 Å². The third kappa shape index (κ3) is 12.0. The Balaban J connectivity index is 1.48. The van der Waals surface area contributed by atoms with Gasteiger partial charge >= 0.3 is 5.97 Å². The molecule has 1 aromatic rings. The molecule has 1 aliphatic carbocycles. The van der Waals surface area contributed by atoms with Crippen molar-refractivity contribution in [3.05, 3.63) is 48.0 Å². The zero-order valence-corrected chi connectivity index (χ0v) is 25.7. The highest BCUT2D eigenvalue weighted by Crippen LogP contribution is 2.42. The van der Waals surface area contributed by atoms with Gasteiger partial charge in [0.25, 0.3) is 5.92 Å². The lowest BCUT2D eigenvalue weighted by atomic mass is 9.85. The fourth-order valence-corrected chi connectivity index (χ4v) is 5.92. The fourth-order valence-electron chi connectivity index (χ4n) is 5.92. The Morgan fingerprint density at radius 1 is 1.12 bits per heavy atom. The quantitative estimate of drug-likeness (QED) is 0.0833. The minimum absolute atomic E-state index is 0.0665. The Labute approximate surface area is 255 Å². The predicted molar refractivity (Wildman–Crippen MR) is 160 cm³/mol. The smallest absolute Gasteiger partial charge is 0.306 e. The summed E-state index contributed by atoms with van der Waals surface area (Å²) in [6.45, 7) is 4.11. The van der Waals surface area contributed by atoms with Crippen molar-refractivity contribution < 1.29 is 42.8 Å². The van der Waals surface area contributed by atoms with Gasteiger partial charge in [-0.25, -0.2) is 8.78 Å². The maximum Gasteiger partial charge on any atom is 0.306 e. The highest BCUT2D eigenvalue weighted by atomic mass is 19.3. The van der Waals surface area contributed by atoms with Gasteiger partial charge in [0.1, 0.15) is 6.10 Å². The van der Waals surface area contributed by atoms with Gasteiger partial charge in [0, 0.05) is 31.4 Å². The molecule has 0 bridgehead atoms. The third-order valence-electron chi connectivity index (χ3n) is 8.56. The standard InChI is InChI=1S/C34H50F2O7/c1-24(2)19-20-34(35,36)31(39)18-17-27-26(28(37)22-30(27)43-33-16-10-11-21-41-33)14-8-3-4-9-15-32(40)42-23-29(38)25-12-6-5-7-13-25/h3,5-8,12-13,24,26-28,30-31,33,37,39H,4,9-11,14-23H2,1-2H3/b8-3-/t26-,27-,28+,30-,31?,33?/m1/s1. The lowest BCUT2D eigenvalue weighted by Gasteiger charge is -2.31. The summed E-state index contributed by atoms with van der Waals surface area (Å²) in [4.78, 5) is 24.1. The second-order valence-corrected chi connectivity index (χ2v) is 12.4. The Bertz CT molecular complexity index is 994. The number of hydrogen-bond acceptors (Lipinski definition) is 7. The van der Waals surface area contributed by atoms with Crippen molar-refractivity contribution in [1.29, 1.82) is 0 Å². The number of allylic oxidation sites excluding steroid dienone is 2. The summed E-state index contributed by atoms with van der Waals surface area (Å²) in [7, 11) is 0. The number of alkyl halides is 2. The van der Waals surface area contributed by atoms with Crippen LogP contribution in [0, 0.1) is 17.8 Å². The molecule has 3 rings (SSSR count). The van der Waals surface area contributed by atoms with E-state index in [0.29, 0.717) is 50.7 Å². The zero-order chi connectivity index (χ0) is 31.2. The van der Waals surface area contributed by atoms with Crippen LogP contribution < -0.4 is 0 Å². The van der Waals surface area contributed by atoms with Crippen LogP contribution in [0.2, 0.25) is 0 Å². The SMILES string of the molecule is CC(C)CCC(F)(F)C(O)CC[C@@H]1[C@@H](C/C=C\CCCC(=O)OCC(=O)c2ccccc2)[C@@H](O)C[C@H]1OC1CCCCO1. The minimum atomic E-state index is -3.16. The Kier molecular flexibility index (Phi) is 14.7. The summed E-state index contributed by atoms with van der Waals surface area (Å²) in [5.41, 5.74) is 0.499. The van der Waals surface area contributed by atoms with Crippen molar-refractivity contribution in [2.45, 2.75) is 121 Å². The summed E-state index contributed by atoms with van der Waals surface area (Å²) >= 11 is 0. The Morgan fingerprint density at radius 2 is 1.88 bits per heavy atom. The second-order valence-electron chi connectivity index (χ2n) is 12.4. The first-order valence-corrected chi connectivity index (χ1v) is 16.0. The number of benzene rings is 1. The highest BCUT2D eigenvalue weighted by molar-refractivity contribution is 5.97. The molecule has 1 aromatic carbocycles. The van der Waals surface area contributed by atoms with Gasteiger partial charge in [-0.05, 0) is 75.5 Å². The van der Waals surface area contributed by atoms with Crippen LogP contribution in [-0.4, -0.2) is 65.7 Å². The van der Waals surface area contributed by atoms with E-state index in [2.05, 4.69) is 0 Å². The normalized spacial score (nSPS) is 25.3. The van der Waals surface area contributed by atoms with E-state index in [1.165, 1.54) is 0 Å². The zero-order valence-electron chi connectivity index (χ0n) is 25.7. The van der Waals surface area contributed by atoms with E-state index in [4.69, 9.17) is 14.2 Å². The van der Waals surface area contributed by atoms with Crippen molar-refractivity contribution >= 4 is 11.8 Å². The molecule has 0 spiro atoms. The van der Waals surface area contributed by atoms with E-state index in [1.54, 1.807) is 24.3 Å². The van der Waals surface area contributed by atoms with Gasteiger partial charge in [-0.3, -0.25) is 9.59 Å². The van der Waals surface area contributed by atoms with Crippen LogP contribution in [0.1, 0.15) is 101 Å². The summed E-state index contributed by atoms with van der Waals surface area (Å²) in [5.74, 6) is -4.11. The molecule has 1 saturated carbocycles. The molecule has 1 aliphatic heterocycles. The number of aliphatic hydroxyl groups excluding tert-OH is 2. The molecule has 1 saturated heterocycles. The summed E-state index contributed by atoms with van der Waals surface area (Å²) in [5, 5.41) is 21.3. The molecule has 242 valence electrons. The monoisotopic (exact) mass is 608 g/mol. The summed E-state index contributed by atoms with van der Waals surface area (Å²) in [6, 6.07) is 8.67. The van der Waals surface area contributed by atoms with Crippen LogP contribution in [0.3, 0.4) is 0 Å². The topological polar surface area (TPSA) is 102 Å². The average Bonchev–Trinajstić information content (AvgIpc) is 3.29. The molecule has 0 amide bonds. The molecule has 2 fully saturated rings. The van der Waals surface area contributed by atoms with Gasteiger partial charge in [-0.1, -0.05) is 56.3 Å². The van der Waals surface area contributed by atoms with E-state index in [0.717, 1.165) is 19.3 Å². The van der Waals surface area contributed by atoms with Crippen molar-refractivity contribution in [2.75, 3.05) is 13.2 Å². The number of ether oxygens (including phenoxy) is 3. The number of esters is 1. The molecule has 1 heterocycles. The van der Waals surface area contributed by atoms with Gasteiger partial charge in [-0.2, -0.15) is 0 Å². The van der Waals surface area contributed by atoms with Crippen molar-refractivity contribution in [1.82, 2.24) is 0 Å². The van der Waals surface area contributed by atoms with E-state index in [9.17, 15) is 28.6 Å². The average molecular weight is 609 g/mol. The van der Waals surface area contributed by atoms with Gasteiger partial charge in [-0.15, -0.1) is 0 Å². The van der Waals surface area contributed by atoms with Crippen LogP contribution in [-0.2, 0) is 19.0 Å². The molecule has 2 N–H and O–H groups in total. The molecule has 2 aliphatic rings. The Hall–Kier alpha value is -2.20. The number of halogens is 2. The summed E-state index contributed by atoms with van der Waals surface area (Å²) < 4.78 is 46.4. The molecule has 6 atom stereocenters. The largest absolute Gasteiger partial charge is 0.457 e.